The summed E-state index contributed by atoms with van der Waals surface area (Å²) in [5, 5.41) is 3.75. The van der Waals surface area contributed by atoms with Crippen LogP contribution in [0.25, 0.3) is 11.0 Å². The summed E-state index contributed by atoms with van der Waals surface area (Å²) in [5.74, 6) is -0.165. The molecule has 0 aliphatic heterocycles. The quantitative estimate of drug-likeness (QED) is 0.716. The van der Waals surface area contributed by atoms with Crippen molar-refractivity contribution in [2.24, 2.45) is 0 Å². The molecule has 0 unspecified atom stereocenters. The van der Waals surface area contributed by atoms with Crippen molar-refractivity contribution < 1.29 is 9.21 Å². The molecule has 0 saturated carbocycles. The SMILES string of the molecule is Cc1cccc(C(=O)NCc2cc(=O)oc3ccc(C(C)(C)C)cc23)c1. The van der Waals surface area contributed by atoms with Gasteiger partial charge in [-0.15, -0.1) is 0 Å². The molecular formula is C22H23NO3. The molecule has 0 atom stereocenters. The molecule has 4 heteroatoms. The van der Waals surface area contributed by atoms with E-state index in [-0.39, 0.29) is 17.9 Å². The van der Waals surface area contributed by atoms with Gasteiger partial charge in [-0.1, -0.05) is 44.5 Å². The summed E-state index contributed by atoms with van der Waals surface area (Å²) < 4.78 is 5.31. The molecule has 3 rings (SSSR count). The zero-order valence-corrected chi connectivity index (χ0v) is 15.6. The summed E-state index contributed by atoms with van der Waals surface area (Å²) in [6.45, 7) is 8.61. The van der Waals surface area contributed by atoms with E-state index >= 15 is 0 Å². The van der Waals surface area contributed by atoms with Gasteiger partial charge >= 0.3 is 5.63 Å². The predicted molar refractivity (Wildman–Crippen MR) is 104 cm³/mol. The largest absolute Gasteiger partial charge is 0.423 e. The summed E-state index contributed by atoms with van der Waals surface area (Å²) >= 11 is 0. The monoisotopic (exact) mass is 349 g/mol. The Balaban J connectivity index is 1.93. The smallest absolute Gasteiger partial charge is 0.336 e. The van der Waals surface area contributed by atoms with Gasteiger partial charge in [0.05, 0.1) is 0 Å². The number of aryl methyl sites for hydroxylation is 1. The van der Waals surface area contributed by atoms with E-state index in [2.05, 4.69) is 26.1 Å². The Kier molecular flexibility index (Phi) is 4.68. The molecule has 0 radical (unpaired) electrons. The van der Waals surface area contributed by atoms with Gasteiger partial charge in [0, 0.05) is 23.6 Å². The fourth-order valence-electron chi connectivity index (χ4n) is 2.90. The van der Waals surface area contributed by atoms with Crippen LogP contribution in [0.2, 0.25) is 0 Å². The van der Waals surface area contributed by atoms with E-state index in [0.29, 0.717) is 11.1 Å². The summed E-state index contributed by atoms with van der Waals surface area (Å²) in [6, 6.07) is 14.7. The molecule has 0 fully saturated rings. The normalized spacial score (nSPS) is 11.5. The standard InChI is InChI=1S/C22H23NO3/c1-14-6-5-7-15(10-14)21(25)23-13-16-11-20(24)26-19-9-8-17(12-18(16)19)22(2,3)4/h5-12H,13H2,1-4H3,(H,23,25). The van der Waals surface area contributed by atoms with Gasteiger partial charge in [0.1, 0.15) is 5.58 Å². The van der Waals surface area contributed by atoms with Gasteiger partial charge in [0.15, 0.2) is 0 Å². The fourth-order valence-corrected chi connectivity index (χ4v) is 2.90. The number of fused-ring (bicyclic) bond motifs is 1. The molecule has 0 saturated heterocycles. The topological polar surface area (TPSA) is 59.3 Å². The van der Waals surface area contributed by atoms with Crippen molar-refractivity contribution in [3.05, 3.63) is 81.2 Å². The Hall–Kier alpha value is -2.88. The molecule has 1 N–H and O–H groups in total. The Morgan fingerprint density at radius 3 is 2.54 bits per heavy atom. The summed E-state index contributed by atoms with van der Waals surface area (Å²) in [5.41, 5.74) is 3.62. The zero-order valence-electron chi connectivity index (χ0n) is 15.6. The number of carbonyl (C=O) groups excluding carboxylic acids is 1. The van der Waals surface area contributed by atoms with Crippen LogP contribution in [0.5, 0.6) is 0 Å². The highest BCUT2D eigenvalue weighted by atomic mass is 16.4. The number of nitrogens with one attached hydrogen (secondary N) is 1. The van der Waals surface area contributed by atoms with Gasteiger partial charge in [-0.2, -0.15) is 0 Å². The van der Waals surface area contributed by atoms with Crippen LogP contribution >= 0.6 is 0 Å². The van der Waals surface area contributed by atoms with Gasteiger partial charge in [-0.25, -0.2) is 4.79 Å². The minimum absolute atomic E-state index is 0.0214. The van der Waals surface area contributed by atoms with E-state index in [0.717, 1.165) is 22.1 Å². The second-order valence-corrected chi connectivity index (χ2v) is 7.60. The lowest BCUT2D eigenvalue weighted by atomic mass is 9.86. The molecule has 0 spiro atoms. The zero-order chi connectivity index (χ0) is 18.9. The third-order valence-electron chi connectivity index (χ3n) is 4.41. The van der Waals surface area contributed by atoms with Crippen molar-refractivity contribution >= 4 is 16.9 Å². The molecule has 1 heterocycles. The molecule has 0 bridgehead atoms. The van der Waals surface area contributed by atoms with Gasteiger partial charge < -0.3 is 9.73 Å². The van der Waals surface area contributed by atoms with Gasteiger partial charge in [-0.05, 0) is 47.7 Å². The van der Waals surface area contributed by atoms with Crippen LogP contribution in [0.1, 0.15) is 47.8 Å². The van der Waals surface area contributed by atoms with Crippen molar-refractivity contribution in [2.45, 2.75) is 39.7 Å². The van der Waals surface area contributed by atoms with Gasteiger partial charge in [-0.3, -0.25) is 4.79 Å². The molecule has 26 heavy (non-hydrogen) atoms. The van der Waals surface area contributed by atoms with E-state index in [1.165, 1.54) is 6.07 Å². The maximum atomic E-state index is 12.4. The highest BCUT2D eigenvalue weighted by Gasteiger charge is 2.16. The van der Waals surface area contributed by atoms with Crippen molar-refractivity contribution in [3.8, 4) is 0 Å². The van der Waals surface area contributed by atoms with Crippen molar-refractivity contribution in [3.63, 3.8) is 0 Å². The minimum Gasteiger partial charge on any atom is -0.423 e. The molecule has 4 nitrogen and oxygen atoms in total. The maximum Gasteiger partial charge on any atom is 0.336 e. The number of rotatable bonds is 3. The van der Waals surface area contributed by atoms with Crippen LogP contribution in [0.15, 0.2) is 57.7 Å². The second-order valence-electron chi connectivity index (χ2n) is 7.60. The van der Waals surface area contributed by atoms with E-state index in [4.69, 9.17) is 4.42 Å². The van der Waals surface area contributed by atoms with E-state index in [1.807, 2.05) is 43.3 Å². The molecule has 1 aromatic heterocycles. The molecule has 0 aliphatic carbocycles. The number of benzene rings is 2. The van der Waals surface area contributed by atoms with E-state index in [9.17, 15) is 9.59 Å². The van der Waals surface area contributed by atoms with Crippen LogP contribution in [0, 0.1) is 6.92 Å². The van der Waals surface area contributed by atoms with Gasteiger partial charge in [0.2, 0.25) is 0 Å². The summed E-state index contributed by atoms with van der Waals surface area (Å²) in [6.07, 6.45) is 0. The highest BCUT2D eigenvalue weighted by molar-refractivity contribution is 5.94. The molecule has 134 valence electrons. The highest BCUT2D eigenvalue weighted by Crippen LogP contribution is 2.27. The summed E-state index contributed by atoms with van der Waals surface area (Å²) in [4.78, 5) is 24.3. The van der Waals surface area contributed by atoms with Crippen molar-refractivity contribution in [2.75, 3.05) is 0 Å². The first-order valence-corrected chi connectivity index (χ1v) is 8.66. The Morgan fingerprint density at radius 2 is 1.85 bits per heavy atom. The number of amides is 1. The number of hydrogen-bond donors (Lipinski definition) is 1. The fraction of sp³-hybridized carbons (Fsp3) is 0.273. The Morgan fingerprint density at radius 1 is 1.08 bits per heavy atom. The van der Waals surface area contributed by atoms with Crippen LogP contribution in [0.3, 0.4) is 0 Å². The number of carbonyl (C=O) groups is 1. The van der Waals surface area contributed by atoms with E-state index < -0.39 is 5.63 Å². The van der Waals surface area contributed by atoms with Crippen LogP contribution in [0.4, 0.5) is 0 Å². The molecule has 1 amide bonds. The Labute approximate surface area is 152 Å². The minimum atomic E-state index is -0.416. The molecule has 0 aliphatic rings. The first-order chi connectivity index (χ1) is 12.2. The third kappa shape index (κ3) is 3.85. The average Bonchev–Trinajstić information content (AvgIpc) is 2.58. The lowest BCUT2D eigenvalue weighted by Gasteiger charge is -2.19. The van der Waals surface area contributed by atoms with Gasteiger partial charge in [0.25, 0.3) is 5.91 Å². The Bertz CT molecular complexity index is 1030. The van der Waals surface area contributed by atoms with E-state index in [1.54, 1.807) is 6.07 Å². The average molecular weight is 349 g/mol. The molecule has 3 aromatic rings. The molecular weight excluding hydrogens is 326 g/mol. The number of hydrogen-bond acceptors (Lipinski definition) is 3. The van der Waals surface area contributed by atoms with Crippen LogP contribution < -0.4 is 10.9 Å². The van der Waals surface area contributed by atoms with Crippen LogP contribution in [-0.2, 0) is 12.0 Å². The predicted octanol–water partition coefficient (Wildman–Crippen LogP) is 4.33. The third-order valence-corrected chi connectivity index (χ3v) is 4.41. The lowest BCUT2D eigenvalue weighted by molar-refractivity contribution is 0.0951. The second kappa shape index (κ2) is 6.79. The lowest BCUT2D eigenvalue weighted by Crippen LogP contribution is -2.23. The summed E-state index contributed by atoms with van der Waals surface area (Å²) in [7, 11) is 0. The van der Waals surface area contributed by atoms with Crippen molar-refractivity contribution in [1.82, 2.24) is 5.32 Å². The van der Waals surface area contributed by atoms with Crippen LogP contribution in [-0.4, -0.2) is 5.91 Å². The first-order valence-electron chi connectivity index (χ1n) is 8.66. The maximum absolute atomic E-state index is 12.4. The van der Waals surface area contributed by atoms with Crippen molar-refractivity contribution in [1.29, 1.82) is 0 Å². The first kappa shape index (κ1) is 17.9. The molecule has 2 aromatic carbocycles.